The van der Waals surface area contributed by atoms with E-state index in [-0.39, 0.29) is 11.6 Å². The topological polar surface area (TPSA) is 67.8 Å². The molecule has 1 aromatic carbocycles. The van der Waals surface area contributed by atoms with Gasteiger partial charge in [0.2, 0.25) is 0 Å². The van der Waals surface area contributed by atoms with Crippen LogP contribution in [-0.4, -0.2) is 20.9 Å². The second-order valence-electron chi connectivity index (χ2n) is 4.45. The molecule has 3 rings (SSSR count). The largest absolute Gasteiger partial charge is 0.296 e. The lowest BCUT2D eigenvalue weighted by atomic mass is 10.1. The molecule has 0 atom stereocenters. The fourth-order valence-electron chi connectivity index (χ4n) is 1.77. The minimum absolute atomic E-state index is 0.268. The van der Waals surface area contributed by atoms with Crippen molar-refractivity contribution >= 4 is 22.4 Å². The number of carbonyl (C=O) groups excluding carboxylic acids is 1. The zero-order chi connectivity index (χ0) is 14.7. The molecule has 21 heavy (non-hydrogen) atoms. The van der Waals surface area contributed by atoms with Crippen LogP contribution in [0.3, 0.4) is 0 Å². The molecule has 0 saturated heterocycles. The summed E-state index contributed by atoms with van der Waals surface area (Å²) in [7, 11) is 0. The lowest BCUT2D eigenvalue weighted by molar-refractivity contribution is 0.102. The minimum Gasteiger partial charge on any atom is -0.296 e. The highest BCUT2D eigenvalue weighted by Crippen LogP contribution is 2.25. The zero-order valence-electron chi connectivity index (χ0n) is 11.3. The third-order valence-electron chi connectivity index (χ3n) is 2.87. The molecule has 1 N–H and O–H groups in total. The van der Waals surface area contributed by atoms with Crippen LogP contribution in [0, 0.1) is 6.92 Å². The third kappa shape index (κ3) is 3.11. The molecule has 2 aromatic heterocycles. The molecule has 6 heteroatoms. The first-order valence-electron chi connectivity index (χ1n) is 6.32. The van der Waals surface area contributed by atoms with Crippen molar-refractivity contribution in [3.05, 3.63) is 59.5 Å². The normalized spacial score (nSPS) is 10.3. The molecule has 0 radical (unpaired) electrons. The van der Waals surface area contributed by atoms with E-state index in [1.165, 1.54) is 35.5 Å². The molecule has 2 heterocycles. The van der Waals surface area contributed by atoms with Crippen molar-refractivity contribution in [2.75, 3.05) is 5.32 Å². The number of anilines is 1. The highest BCUT2D eigenvalue weighted by Gasteiger charge is 2.10. The lowest BCUT2D eigenvalue weighted by Crippen LogP contribution is -2.13. The molecule has 0 spiro atoms. The second-order valence-corrected chi connectivity index (χ2v) is 5.31. The van der Waals surface area contributed by atoms with Crippen LogP contribution in [0.1, 0.15) is 16.1 Å². The molecule has 0 bridgehead atoms. The quantitative estimate of drug-likeness (QED) is 0.806. The number of nitrogens with zero attached hydrogens (tertiary/aromatic N) is 3. The van der Waals surface area contributed by atoms with E-state index in [9.17, 15) is 4.79 Å². The average molecular weight is 296 g/mol. The molecule has 0 aliphatic carbocycles. The first kappa shape index (κ1) is 13.4. The second kappa shape index (κ2) is 5.80. The van der Waals surface area contributed by atoms with Gasteiger partial charge in [-0.25, -0.2) is 9.97 Å². The Morgan fingerprint density at radius 1 is 1.19 bits per heavy atom. The van der Waals surface area contributed by atoms with E-state index < -0.39 is 0 Å². The lowest BCUT2D eigenvalue weighted by Gasteiger charge is -2.00. The SMILES string of the molecule is Cc1ccc(-c2csc(NC(=O)c3cnccn3)n2)cc1. The van der Waals surface area contributed by atoms with E-state index in [1.54, 1.807) is 0 Å². The Hall–Kier alpha value is -2.60. The summed E-state index contributed by atoms with van der Waals surface area (Å²) in [5.74, 6) is -0.312. The molecule has 0 saturated carbocycles. The van der Waals surface area contributed by atoms with Crippen LogP contribution in [0.4, 0.5) is 5.13 Å². The fraction of sp³-hybridized carbons (Fsp3) is 0.0667. The number of amides is 1. The monoisotopic (exact) mass is 296 g/mol. The highest BCUT2D eigenvalue weighted by atomic mass is 32.1. The fourth-order valence-corrected chi connectivity index (χ4v) is 2.48. The molecule has 5 nitrogen and oxygen atoms in total. The van der Waals surface area contributed by atoms with Gasteiger partial charge in [0.15, 0.2) is 5.13 Å². The van der Waals surface area contributed by atoms with Gasteiger partial charge in [0.25, 0.3) is 5.91 Å². The Bertz CT molecular complexity index is 753. The molecule has 0 aliphatic heterocycles. The molecule has 3 aromatic rings. The van der Waals surface area contributed by atoms with Crippen LogP contribution < -0.4 is 5.32 Å². The predicted octanol–water partition coefficient (Wildman–Crippen LogP) is 3.16. The van der Waals surface area contributed by atoms with Crippen molar-refractivity contribution in [2.24, 2.45) is 0 Å². The van der Waals surface area contributed by atoms with Gasteiger partial charge in [-0.15, -0.1) is 11.3 Å². The van der Waals surface area contributed by atoms with E-state index in [1.807, 2.05) is 36.6 Å². The first-order valence-corrected chi connectivity index (χ1v) is 7.20. The summed E-state index contributed by atoms with van der Waals surface area (Å²) in [6.07, 6.45) is 4.42. The van der Waals surface area contributed by atoms with Crippen molar-refractivity contribution in [3.8, 4) is 11.3 Å². The Labute approximate surface area is 125 Å². The van der Waals surface area contributed by atoms with Crippen molar-refractivity contribution in [1.29, 1.82) is 0 Å². The first-order chi connectivity index (χ1) is 10.2. The molecule has 1 amide bonds. The van der Waals surface area contributed by atoms with Crippen molar-refractivity contribution in [1.82, 2.24) is 15.0 Å². The smallest absolute Gasteiger partial charge is 0.277 e. The maximum Gasteiger partial charge on any atom is 0.277 e. The van der Waals surface area contributed by atoms with Gasteiger partial charge < -0.3 is 0 Å². The standard InChI is InChI=1S/C15H12N4OS/c1-10-2-4-11(5-3-10)13-9-21-15(18-13)19-14(20)12-8-16-6-7-17-12/h2-9H,1H3,(H,18,19,20). The van der Waals surface area contributed by atoms with Crippen LogP contribution in [0.5, 0.6) is 0 Å². The number of nitrogens with one attached hydrogen (secondary N) is 1. The predicted molar refractivity (Wildman–Crippen MR) is 82.3 cm³/mol. The van der Waals surface area contributed by atoms with Gasteiger partial charge in [-0.05, 0) is 6.92 Å². The number of benzene rings is 1. The van der Waals surface area contributed by atoms with E-state index in [0.717, 1.165) is 11.3 Å². The van der Waals surface area contributed by atoms with Crippen molar-refractivity contribution in [3.63, 3.8) is 0 Å². The number of hydrogen-bond acceptors (Lipinski definition) is 5. The Morgan fingerprint density at radius 3 is 2.71 bits per heavy atom. The number of rotatable bonds is 3. The van der Waals surface area contributed by atoms with Gasteiger partial charge in [0, 0.05) is 23.3 Å². The van der Waals surface area contributed by atoms with E-state index in [4.69, 9.17) is 0 Å². The molecule has 0 fully saturated rings. The van der Waals surface area contributed by atoms with E-state index in [0.29, 0.717) is 5.13 Å². The van der Waals surface area contributed by atoms with Crippen LogP contribution in [0.25, 0.3) is 11.3 Å². The Morgan fingerprint density at radius 2 is 2.00 bits per heavy atom. The minimum atomic E-state index is -0.312. The molecular weight excluding hydrogens is 284 g/mol. The van der Waals surface area contributed by atoms with Gasteiger partial charge >= 0.3 is 0 Å². The van der Waals surface area contributed by atoms with Crippen LogP contribution >= 0.6 is 11.3 Å². The van der Waals surface area contributed by atoms with Gasteiger partial charge in [-0.3, -0.25) is 15.1 Å². The van der Waals surface area contributed by atoms with Crippen LogP contribution in [0.15, 0.2) is 48.2 Å². The Kier molecular flexibility index (Phi) is 3.70. The van der Waals surface area contributed by atoms with Crippen molar-refractivity contribution in [2.45, 2.75) is 6.92 Å². The van der Waals surface area contributed by atoms with Gasteiger partial charge in [-0.2, -0.15) is 0 Å². The van der Waals surface area contributed by atoms with Crippen LogP contribution in [0.2, 0.25) is 0 Å². The molecule has 0 unspecified atom stereocenters. The van der Waals surface area contributed by atoms with E-state index in [2.05, 4.69) is 20.3 Å². The third-order valence-corrected chi connectivity index (χ3v) is 3.63. The molecular formula is C15H12N4OS. The maximum atomic E-state index is 12.0. The summed E-state index contributed by atoms with van der Waals surface area (Å²) < 4.78 is 0. The van der Waals surface area contributed by atoms with Gasteiger partial charge in [0.1, 0.15) is 5.69 Å². The van der Waals surface area contributed by atoms with Crippen molar-refractivity contribution < 1.29 is 4.79 Å². The summed E-state index contributed by atoms with van der Waals surface area (Å²) in [6.45, 7) is 2.04. The maximum absolute atomic E-state index is 12.0. The number of hydrogen-bond donors (Lipinski definition) is 1. The number of thiazole rings is 1. The number of carbonyl (C=O) groups is 1. The zero-order valence-corrected chi connectivity index (χ0v) is 12.1. The van der Waals surface area contributed by atoms with Gasteiger partial charge in [-0.1, -0.05) is 29.8 Å². The molecule has 104 valence electrons. The number of aromatic nitrogens is 3. The summed E-state index contributed by atoms with van der Waals surface area (Å²) in [6, 6.07) is 8.09. The summed E-state index contributed by atoms with van der Waals surface area (Å²) >= 11 is 1.38. The summed E-state index contributed by atoms with van der Waals surface area (Å²) in [4.78, 5) is 24.2. The number of aryl methyl sites for hydroxylation is 1. The summed E-state index contributed by atoms with van der Waals surface area (Å²) in [5.41, 5.74) is 3.33. The molecule has 0 aliphatic rings. The summed E-state index contributed by atoms with van der Waals surface area (Å²) in [5, 5.41) is 5.18. The van der Waals surface area contributed by atoms with E-state index >= 15 is 0 Å². The Balaban J connectivity index is 1.76. The van der Waals surface area contributed by atoms with Crippen LogP contribution in [-0.2, 0) is 0 Å². The average Bonchev–Trinajstić information content (AvgIpc) is 2.97. The van der Waals surface area contributed by atoms with Gasteiger partial charge in [0.05, 0.1) is 11.9 Å². The highest BCUT2D eigenvalue weighted by molar-refractivity contribution is 7.14.